The number of halogens is 1. The molecule has 0 bridgehead atoms. The second-order valence-corrected chi connectivity index (χ2v) is 3.87. The van der Waals surface area contributed by atoms with Crippen molar-refractivity contribution >= 4 is 5.97 Å². The minimum atomic E-state index is -0.413. The number of methoxy groups -OCH3 is 1. The normalized spacial score (nSPS) is 19.8. The van der Waals surface area contributed by atoms with Gasteiger partial charge >= 0.3 is 5.97 Å². The molecule has 3 nitrogen and oxygen atoms in total. The van der Waals surface area contributed by atoms with E-state index in [9.17, 15) is 9.18 Å². The minimum absolute atomic E-state index is 0.0600. The summed E-state index contributed by atoms with van der Waals surface area (Å²) in [7, 11) is 1.33. The molecule has 0 aromatic heterocycles. The second kappa shape index (κ2) is 4.61. The summed E-state index contributed by atoms with van der Waals surface area (Å²) in [5, 5.41) is 3.25. The van der Waals surface area contributed by atoms with Crippen molar-refractivity contribution in [1.29, 1.82) is 0 Å². The van der Waals surface area contributed by atoms with Gasteiger partial charge in [-0.3, -0.25) is 0 Å². The van der Waals surface area contributed by atoms with E-state index >= 15 is 0 Å². The van der Waals surface area contributed by atoms with Gasteiger partial charge in [-0.15, -0.1) is 0 Å². The van der Waals surface area contributed by atoms with E-state index in [1.54, 1.807) is 0 Å². The van der Waals surface area contributed by atoms with Gasteiger partial charge in [0.1, 0.15) is 5.82 Å². The van der Waals surface area contributed by atoms with Gasteiger partial charge in [0.05, 0.1) is 12.7 Å². The van der Waals surface area contributed by atoms with Crippen LogP contribution in [0, 0.1) is 5.82 Å². The van der Waals surface area contributed by atoms with Crippen LogP contribution in [0.2, 0.25) is 0 Å². The molecular weight excluding hydrogens is 209 g/mol. The molecule has 0 unspecified atom stereocenters. The molecule has 1 aliphatic heterocycles. The van der Waals surface area contributed by atoms with E-state index < -0.39 is 5.97 Å². The third kappa shape index (κ3) is 2.07. The van der Waals surface area contributed by atoms with E-state index in [2.05, 4.69) is 10.1 Å². The summed E-state index contributed by atoms with van der Waals surface area (Å²) in [6, 6.07) is 4.24. The number of carbonyl (C=O) groups excluding carboxylic acids is 1. The fraction of sp³-hybridized carbons (Fsp3) is 0.417. The Morgan fingerprint density at radius 3 is 3.00 bits per heavy atom. The third-order valence-electron chi connectivity index (χ3n) is 2.85. The quantitative estimate of drug-likeness (QED) is 0.780. The van der Waals surface area contributed by atoms with Gasteiger partial charge in [0.15, 0.2) is 0 Å². The summed E-state index contributed by atoms with van der Waals surface area (Å²) in [6.45, 7) is 0.905. The van der Waals surface area contributed by atoms with Crippen LogP contribution >= 0.6 is 0 Å². The molecule has 1 aromatic carbocycles. The molecule has 1 atom stereocenters. The van der Waals surface area contributed by atoms with Gasteiger partial charge in [-0.25, -0.2) is 9.18 Å². The van der Waals surface area contributed by atoms with Gasteiger partial charge in [-0.05, 0) is 43.1 Å². The molecule has 4 heteroatoms. The van der Waals surface area contributed by atoms with Crippen LogP contribution in [0.15, 0.2) is 18.2 Å². The van der Waals surface area contributed by atoms with Crippen molar-refractivity contribution in [1.82, 2.24) is 5.32 Å². The Kier molecular flexibility index (Phi) is 3.19. The Labute approximate surface area is 93.6 Å². The van der Waals surface area contributed by atoms with Crippen molar-refractivity contribution in [2.75, 3.05) is 13.7 Å². The molecule has 0 spiro atoms. The van der Waals surface area contributed by atoms with Crippen molar-refractivity contribution in [2.24, 2.45) is 0 Å². The van der Waals surface area contributed by atoms with Crippen molar-refractivity contribution < 1.29 is 13.9 Å². The standard InChI is InChI=1S/C12H14FNO2/c1-16-12(15)9-5-4-8(13)7-10(9)11-3-2-6-14-11/h4-5,7,11,14H,2-3,6H2,1H3/t11-/m0/s1. The van der Waals surface area contributed by atoms with Crippen LogP contribution in [0.25, 0.3) is 0 Å². The van der Waals surface area contributed by atoms with Crippen LogP contribution in [0.5, 0.6) is 0 Å². The Morgan fingerprint density at radius 2 is 2.38 bits per heavy atom. The number of benzene rings is 1. The van der Waals surface area contributed by atoms with Crippen LogP contribution in [-0.2, 0) is 4.74 Å². The molecule has 2 rings (SSSR count). The van der Waals surface area contributed by atoms with Gasteiger partial charge in [0, 0.05) is 6.04 Å². The highest BCUT2D eigenvalue weighted by Gasteiger charge is 2.22. The number of rotatable bonds is 2. The molecule has 0 saturated carbocycles. The number of nitrogens with one attached hydrogen (secondary N) is 1. The predicted octanol–water partition coefficient (Wildman–Crippen LogP) is 2.04. The molecule has 0 aliphatic carbocycles. The summed E-state index contributed by atoms with van der Waals surface area (Å²) < 4.78 is 17.9. The molecule has 0 amide bonds. The first-order valence-corrected chi connectivity index (χ1v) is 5.33. The van der Waals surface area contributed by atoms with Gasteiger partial charge < -0.3 is 10.1 Å². The van der Waals surface area contributed by atoms with E-state index in [0.717, 1.165) is 19.4 Å². The molecule has 1 N–H and O–H groups in total. The molecule has 1 fully saturated rings. The number of esters is 1. The van der Waals surface area contributed by atoms with Gasteiger partial charge in [0.2, 0.25) is 0 Å². The van der Waals surface area contributed by atoms with E-state index in [-0.39, 0.29) is 11.9 Å². The second-order valence-electron chi connectivity index (χ2n) is 3.87. The van der Waals surface area contributed by atoms with Gasteiger partial charge in [-0.1, -0.05) is 0 Å². The minimum Gasteiger partial charge on any atom is -0.465 e. The molecule has 1 saturated heterocycles. The van der Waals surface area contributed by atoms with E-state index in [0.29, 0.717) is 11.1 Å². The van der Waals surface area contributed by atoms with Crippen molar-refractivity contribution in [2.45, 2.75) is 18.9 Å². The fourth-order valence-electron chi connectivity index (χ4n) is 2.07. The zero-order valence-corrected chi connectivity index (χ0v) is 9.13. The number of hydrogen-bond donors (Lipinski definition) is 1. The first kappa shape index (κ1) is 11.1. The molecule has 1 aromatic rings. The zero-order chi connectivity index (χ0) is 11.5. The summed E-state index contributed by atoms with van der Waals surface area (Å²) in [4.78, 5) is 11.5. The predicted molar refractivity (Wildman–Crippen MR) is 57.7 cm³/mol. The maximum absolute atomic E-state index is 13.2. The zero-order valence-electron chi connectivity index (χ0n) is 9.13. The number of ether oxygens (including phenoxy) is 1. The van der Waals surface area contributed by atoms with E-state index in [1.165, 1.54) is 25.3 Å². The Bertz CT molecular complexity index is 400. The van der Waals surface area contributed by atoms with Gasteiger partial charge in [-0.2, -0.15) is 0 Å². The fourth-order valence-corrected chi connectivity index (χ4v) is 2.07. The molecule has 1 aliphatic rings. The molecule has 0 radical (unpaired) electrons. The molecular formula is C12H14FNO2. The molecule has 16 heavy (non-hydrogen) atoms. The topological polar surface area (TPSA) is 38.3 Å². The smallest absolute Gasteiger partial charge is 0.338 e. The highest BCUT2D eigenvalue weighted by Crippen LogP contribution is 2.27. The number of carbonyl (C=O) groups is 1. The summed E-state index contributed by atoms with van der Waals surface area (Å²) in [5.74, 6) is -0.736. The van der Waals surface area contributed by atoms with E-state index in [1.807, 2.05) is 0 Å². The molecule has 1 heterocycles. The van der Waals surface area contributed by atoms with Gasteiger partial charge in [0.25, 0.3) is 0 Å². The lowest BCUT2D eigenvalue weighted by molar-refractivity contribution is 0.0598. The maximum Gasteiger partial charge on any atom is 0.338 e. The molecule has 86 valence electrons. The van der Waals surface area contributed by atoms with Crippen LogP contribution in [0.1, 0.15) is 34.8 Å². The van der Waals surface area contributed by atoms with Crippen LogP contribution in [-0.4, -0.2) is 19.6 Å². The van der Waals surface area contributed by atoms with Crippen LogP contribution in [0.4, 0.5) is 4.39 Å². The first-order valence-electron chi connectivity index (χ1n) is 5.33. The average Bonchev–Trinajstić information content (AvgIpc) is 2.81. The SMILES string of the molecule is COC(=O)c1ccc(F)cc1[C@@H]1CCCN1. The van der Waals surface area contributed by atoms with Crippen molar-refractivity contribution in [3.63, 3.8) is 0 Å². The number of hydrogen-bond acceptors (Lipinski definition) is 3. The third-order valence-corrected chi connectivity index (χ3v) is 2.85. The maximum atomic E-state index is 13.2. The Balaban J connectivity index is 2.39. The highest BCUT2D eigenvalue weighted by atomic mass is 19.1. The average molecular weight is 223 g/mol. The summed E-state index contributed by atoms with van der Waals surface area (Å²) >= 11 is 0. The highest BCUT2D eigenvalue weighted by molar-refractivity contribution is 5.91. The Morgan fingerprint density at radius 1 is 1.56 bits per heavy atom. The van der Waals surface area contributed by atoms with Crippen molar-refractivity contribution in [3.05, 3.63) is 35.1 Å². The van der Waals surface area contributed by atoms with Crippen LogP contribution in [0.3, 0.4) is 0 Å². The van der Waals surface area contributed by atoms with E-state index in [4.69, 9.17) is 0 Å². The lowest BCUT2D eigenvalue weighted by Gasteiger charge is -2.14. The summed E-state index contributed by atoms with van der Waals surface area (Å²) in [6.07, 6.45) is 1.97. The summed E-state index contributed by atoms with van der Waals surface area (Å²) in [5.41, 5.74) is 1.15. The Hall–Kier alpha value is -1.42. The van der Waals surface area contributed by atoms with Crippen LogP contribution < -0.4 is 5.32 Å². The monoisotopic (exact) mass is 223 g/mol. The van der Waals surface area contributed by atoms with Crippen molar-refractivity contribution in [3.8, 4) is 0 Å². The largest absolute Gasteiger partial charge is 0.465 e. The first-order chi connectivity index (χ1) is 7.72. The lowest BCUT2D eigenvalue weighted by atomic mass is 9.99. The lowest BCUT2D eigenvalue weighted by Crippen LogP contribution is -2.17.